The van der Waals surface area contributed by atoms with E-state index in [1.807, 2.05) is 12.2 Å². The van der Waals surface area contributed by atoms with Gasteiger partial charge >= 0.3 is 0 Å². The third-order valence-corrected chi connectivity index (χ3v) is 8.38. The molecule has 0 saturated heterocycles. The lowest BCUT2D eigenvalue weighted by atomic mass is 10.1. The van der Waals surface area contributed by atoms with Crippen molar-refractivity contribution < 1.29 is 4.43 Å². The Hall–Kier alpha value is -0.603. The maximum absolute atomic E-state index is 6.33. The lowest BCUT2D eigenvalue weighted by Crippen LogP contribution is -2.43. The highest BCUT2D eigenvalue weighted by Crippen LogP contribution is 2.37. The minimum Gasteiger partial charge on any atom is -0.414 e. The van der Waals surface area contributed by atoms with E-state index in [1.54, 1.807) is 6.08 Å². The van der Waals surface area contributed by atoms with Gasteiger partial charge in [0.1, 0.15) is 0 Å². The van der Waals surface area contributed by atoms with E-state index in [2.05, 4.69) is 59.5 Å². The van der Waals surface area contributed by atoms with Crippen LogP contribution in [0.5, 0.6) is 0 Å². The number of rotatable bonds is 8. The Balaban J connectivity index is 3.94. The first-order valence-electron chi connectivity index (χ1n) is 7.33. The van der Waals surface area contributed by atoms with Gasteiger partial charge in [-0.1, -0.05) is 57.7 Å². The van der Waals surface area contributed by atoms with Gasteiger partial charge in [-0.15, -0.1) is 0 Å². The molecule has 0 N–H and O–H groups in total. The number of allylic oxidation sites excluding steroid dienone is 5. The molecule has 2 heteroatoms. The second-order valence-corrected chi connectivity index (χ2v) is 11.4. The van der Waals surface area contributed by atoms with Crippen LogP contribution in [0.1, 0.15) is 47.0 Å². The molecule has 19 heavy (non-hydrogen) atoms. The summed E-state index contributed by atoms with van der Waals surface area (Å²) in [5.41, 5.74) is 0. The van der Waals surface area contributed by atoms with Gasteiger partial charge in [0.25, 0.3) is 0 Å². The summed E-state index contributed by atoms with van der Waals surface area (Å²) in [6.45, 7) is 17.4. The molecule has 0 aliphatic heterocycles. The molecule has 0 aliphatic carbocycles. The summed E-state index contributed by atoms with van der Waals surface area (Å²) >= 11 is 0. The number of unbranched alkanes of at least 4 members (excludes halogenated alkanes) is 1. The Morgan fingerprint density at radius 1 is 1.16 bits per heavy atom. The summed E-state index contributed by atoms with van der Waals surface area (Å²) in [6.07, 6.45) is 13.9. The quantitative estimate of drug-likeness (QED) is 0.307. The molecular weight excluding hydrogens is 248 g/mol. The van der Waals surface area contributed by atoms with Gasteiger partial charge in [0.2, 0.25) is 0 Å². The van der Waals surface area contributed by atoms with Gasteiger partial charge in [0, 0.05) is 6.10 Å². The summed E-state index contributed by atoms with van der Waals surface area (Å²) in [6, 6.07) is 0. The van der Waals surface area contributed by atoms with Crippen LogP contribution in [0.25, 0.3) is 0 Å². The summed E-state index contributed by atoms with van der Waals surface area (Å²) in [4.78, 5) is 0. The smallest absolute Gasteiger partial charge is 0.192 e. The maximum Gasteiger partial charge on any atom is 0.192 e. The largest absolute Gasteiger partial charge is 0.414 e. The molecule has 0 radical (unpaired) electrons. The zero-order valence-corrected chi connectivity index (χ0v) is 14.7. The normalized spacial score (nSPS) is 15.3. The molecule has 0 aromatic rings. The van der Waals surface area contributed by atoms with Crippen molar-refractivity contribution in [2.45, 2.75) is 71.2 Å². The Kier molecular flexibility index (Phi) is 8.27. The molecule has 0 heterocycles. The van der Waals surface area contributed by atoms with Gasteiger partial charge in [0.15, 0.2) is 8.32 Å². The van der Waals surface area contributed by atoms with Gasteiger partial charge in [-0.3, -0.25) is 0 Å². The predicted molar refractivity (Wildman–Crippen MR) is 90.1 cm³/mol. The standard InChI is InChI=1S/C17H32OSi/c1-8-9-10-11-12-13-14-15-16(2)18-19(6,7)17(3,4)5/h8-12,16H,1,13-15H2,2-7H3/b10-9+,12-11+/t16-/m1/s1. The molecule has 0 saturated carbocycles. The molecule has 0 unspecified atom stereocenters. The summed E-state index contributed by atoms with van der Waals surface area (Å²) in [5, 5.41) is 0.302. The molecule has 0 amide bonds. The topological polar surface area (TPSA) is 9.23 Å². The van der Waals surface area contributed by atoms with E-state index in [9.17, 15) is 0 Å². The van der Waals surface area contributed by atoms with Crippen molar-refractivity contribution in [2.75, 3.05) is 0 Å². The Labute approximate surface area is 121 Å². The first-order valence-corrected chi connectivity index (χ1v) is 10.2. The van der Waals surface area contributed by atoms with Gasteiger partial charge in [-0.25, -0.2) is 0 Å². The summed E-state index contributed by atoms with van der Waals surface area (Å²) < 4.78 is 6.33. The maximum atomic E-state index is 6.33. The fourth-order valence-electron chi connectivity index (χ4n) is 1.58. The Morgan fingerprint density at radius 2 is 1.79 bits per heavy atom. The van der Waals surface area contributed by atoms with E-state index in [4.69, 9.17) is 4.43 Å². The average Bonchev–Trinajstić information content (AvgIpc) is 2.25. The van der Waals surface area contributed by atoms with Crippen molar-refractivity contribution >= 4 is 8.32 Å². The van der Waals surface area contributed by atoms with Crippen LogP contribution in [0.3, 0.4) is 0 Å². The van der Waals surface area contributed by atoms with E-state index < -0.39 is 8.32 Å². The van der Waals surface area contributed by atoms with E-state index in [-0.39, 0.29) is 0 Å². The van der Waals surface area contributed by atoms with Crippen LogP contribution < -0.4 is 0 Å². The molecular formula is C17H32OSi. The monoisotopic (exact) mass is 280 g/mol. The predicted octanol–water partition coefficient (Wildman–Crippen LogP) is 5.87. The van der Waals surface area contributed by atoms with Crippen LogP contribution in [-0.2, 0) is 4.43 Å². The van der Waals surface area contributed by atoms with E-state index in [0.29, 0.717) is 11.1 Å². The van der Waals surface area contributed by atoms with E-state index in [0.717, 1.165) is 12.8 Å². The summed E-state index contributed by atoms with van der Waals surface area (Å²) in [7, 11) is -1.59. The first kappa shape index (κ1) is 18.4. The molecule has 0 fully saturated rings. The van der Waals surface area contributed by atoms with Crippen molar-refractivity contribution in [1.82, 2.24) is 0 Å². The third kappa shape index (κ3) is 8.22. The fraction of sp³-hybridized carbons (Fsp3) is 0.647. The minimum absolute atomic E-state index is 0.302. The molecule has 0 aromatic heterocycles. The lowest BCUT2D eigenvalue weighted by Gasteiger charge is -2.38. The minimum atomic E-state index is -1.59. The Morgan fingerprint density at radius 3 is 2.32 bits per heavy atom. The third-order valence-electron chi connectivity index (χ3n) is 3.78. The molecule has 1 atom stereocenters. The van der Waals surface area contributed by atoms with E-state index in [1.165, 1.54) is 6.42 Å². The van der Waals surface area contributed by atoms with Crippen molar-refractivity contribution in [3.05, 3.63) is 37.0 Å². The molecule has 1 nitrogen and oxygen atoms in total. The van der Waals surface area contributed by atoms with Crippen molar-refractivity contribution in [1.29, 1.82) is 0 Å². The summed E-state index contributed by atoms with van der Waals surface area (Å²) in [5.74, 6) is 0. The van der Waals surface area contributed by atoms with Crippen LogP contribution in [0.4, 0.5) is 0 Å². The second kappa shape index (κ2) is 8.54. The number of hydrogen-bond acceptors (Lipinski definition) is 1. The molecule has 0 spiro atoms. The SMILES string of the molecule is C=C/C=C/C=C/CCC[C@@H](C)O[Si](C)(C)C(C)(C)C. The zero-order valence-electron chi connectivity index (χ0n) is 13.7. The molecule has 0 rings (SSSR count). The highest BCUT2D eigenvalue weighted by Gasteiger charge is 2.38. The van der Waals surface area contributed by atoms with E-state index >= 15 is 0 Å². The van der Waals surface area contributed by atoms with Crippen LogP contribution in [0.15, 0.2) is 37.0 Å². The Bertz CT molecular complexity index is 308. The van der Waals surface area contributed by atoms with Crippen LogP contribution in [-0.4, -0.2) is 14.4 Å². The zero-order chi connectivity index (χ0) is 14.9. The van der Waals surface area contributed by atoms with Crippen molar-refractivity contribution in [3.63, 3.8) is 0 Å². The average molecular weight is 281 g/mol. The second-order valence-electron chi connectivity index (χ2n) is 6.67. The molecule has 0 bridgehead atoms. The van der Waals surface area contributed by atoms with Gasteiger partial charge in [-0.05, 0) is 44.3 Å². The fourth-order valence-corrected chi connectivity index (χ4v) is 3.06. The number of hydrogen-bond donors (Lipinski definition) is 0. The van der Waals surface area contributed by atoms with Gasteiger partial charge in [-0.2, -0.15) is 0 Å². The molecule has 0 aliphatic rings. The van der Waals surface area contributed by atoms with Crippen LogP contribution >= 0.6 is 0 Å². The van der Waals surface area contributed by atoms with Gasteiger partial charge < -0.3 is 4.43 Å². The van der Waals surface area contributed by atoms with Crippen LogP contribution in [0.2, 0.25) is 18.1 Å². The first-order chi connectivity index (χ1) is 8.70. The molecule has 110 valence electrons. The van der Waals surface area contributed by atoms with Crippen molar-refractivity contribution in [3.8, 4) is 0 Å². The highest BCUT2D eigenvalue weighted by molar-refractivity contribution is 6.74. The highest BCUT2D eigenvalue weighted by atomic mass is 28.4. The van der Waals surface area contributed by atoms with Crippen LogP contribution in [0, 0.1) is 0 Å². The van der Waals surface area contributed by atoms with Crippen molar-refractivity contribution in [2.24, 2.45) is 0 Å². The van der Waals surface area contributed by atoms with Gasteiger partial charge in [0.05, 0.1) is 0 Å². The molecule has 0 aromatic carbocycles. The lowest BCUT2D eigenvalue weighted by molar-refractivity contribution is 0.187.